The Balaban J connectivity index is 2.69. The van der Waals surface area contributed by atoms with Crippen molar-refractivity contribution < 1.29 is 19.4 Å². The van der Waals surface area contributed by atoms with Crippen molar-refractivity contribution in [2.45, 2.75) is 25.0 Å². The van der Waals surface area contributed by atoms with Crippen molar-refractivity contribution in [3.63, 3.8) is 0 Å². The van der Waals surface area contributed by atoms with Crippen LogP contribution in [0.2, 0.25) is 0 Å². The number of carbonyl (C=O) groups is 2. The number of amides is 1. The first-order chi connectivity index (χ1) is 7.11. The van der Waals surface area contributed by atoms with E-state index in [9.17, 15) is 9.59 Å². The molecule has 0 aromatic heterocycles. The summed E-state index contributed by atoms with van der Waals surface area (Å²) >= 11 is 0. The Morgan fingerprint density at radius 1 is 1.67 bits per heavy atom. The van der Waals surface area contributed by atoms with Gasteiger partial charge in [0, 0.05) is 20.2 Å². The van der Waals surface area contributed by atoms with E-state index >= 15 is 0 Å². The lowest BCUT2D eigenvalue weighted by atomic mass is 10.2. The number of carbonyl (C=O) groups excluding carboxylic acids is 1. The van der Waals surface area contributed by atoms with E-state index in [2.05, 4.69) is 0 Å². The minimum Gasteiger partial charge on any atom is -0.480 e. The summed E-state index contributed by atoms with van der Waals surface area (Å²) in [6.07, 6.45) is 0.483. The van der Waals surface area contributed by atoms with E-state index in [0.717, 1.165) is 0 Å². The van der Waals surface area contributed by atoms with Gasteiger partial charge in [0.05, 0.1) is 0 Å². The van der Waals surface area contributed by atoms with E-state index in [1.807, 2.05) is 0 Å². The van der Waals surface area contributed by atoms with Crippen LogP contribution in [0.25, 0.3) is 0 Å². The van der Waals surface area contributed by atoms with Gasteiger partial charge in [0.2, 0.25) is 0 Å². The number of nitrogens with zero attached hydrogens (tertiary/aromatic N) is 1. The molecule has 1 rings (SSSR count). The summed E-state index contributed by atoms with van der Waals surface area (Å²) in [5.74, 6) is -1.29. The minimum atomic E-state index is -0.965. The van der Waals surface area contributed by atoms with Crippen LogP contribution < -0.4 is 5.73 Å². The summed E-state index contributed by atoms with van der Waals surface area (Å²) in [5.41, 5.74) is 5.35. The number of rotatable bonds is 4. The molecule has 2 atom stereocenters. The molecule has 1 aliphatic heterocycles. The Kier molecular flexibility index (Phi) is 4.05. The highest BCUT2D eigenvalue weighted by atomic mass is 16.5. The highest BCUT2D eigenvalue weighted by molar-refractivity contribution is 5.87. The molecule has 0 saturated carbocycles. The zero-order chi connectivity index (χ0) is 11.4. The van der Waals surface area contributed by atoms with Crippen LogP contribution in [0, 0.1) is 0 Å². The Morgan fingerprint density at radius 3 is 2.80 bits per heavy atom. The van der Waals surface area contributed by atoms with Crippen molar-refractivity contribution in [2.75, 3.05) is 20.2 Å². The Hall–Kier alpha value is -1.14. The molecule has 1 saturated heterocycles. The molecule has 1 heterocycles. The maximum Gasteiger partial charge on any atom is 0.326 e. The molecule has 1 aliphatic rings. The second-order valence-corrected chi connectivity index (χ2v) is 3.49. The molecule has 0 aromatic carbocycles. The van der Waals surface area contributed by atoms with Gasteiger partial charge in [-0.05, 0) is 12.8 Å². The molecule has 0 radical (unpaired) electrons. The van der Waals surface area contributed by atoms with Crippen molar-refractivity contribution in [1.29, 1.82) is 0 Å². The lowest BCUT2D eigenvalue weighted by Crippen LogP contribution is -2.48. The standard InChI is InChI=1S/C9H16N2O4/c1-15-7(5-10)8(12)11-4-2-3-6(11)9(13)14/h6-7H,2-5,10H2,1H3,(H,13,14)/t6-,7?/m0/s1. The first-order valence-electron chi connectivity index (χ1n) is 4.88. The van der Waals surface area contributed by atoms with E-state index in [1.54, 1.807) is 0 Å². The first-order valence-corrected chi connectivity index (χ1v) is 4.88. The SMILES string of the molecule is COC(CN)C(=O)N1CCC[C@H]1C(=O)O. The van der Waals surface area contributed by atoms with E-state index in [1.165, 1.54) is 12.0 Å². The number of hydrogen-bond donors (Lipinski definition) is 2. The number of methoxy groups -OCH3 is 1. The summed E-state index contributed by atoms with van der Waals surface area (Å²) in [6.45, 7) is 0.536. The first kappa shape index (κ1) is 11.9. The summed E-state index contributed by atoms with van der Waals surface area (Å²) in [7, 11) is 1.39. The molecule has 0 aliphatic carbocycles. The van der Waals surface area contributed by atoms with E-state index in [0.29, 0.717) is 19.4 Å². The van der Waals surface area contributed by atoms with Crippen molar-refractivity contribution in [3.8, 4) is 0 Å². The molecule has 15 heavy (non-hydrogen) atoms. The van der Waals surface area contributed by atoms with Gasteiger partial charge in [0.1, 0.15) is 12.1 Å². The maximum absolute atomic E-state index is 11.8. The van der Waals surface area contributed by atoms with Crippen molar-refractivity contribution in [1.82, 2.24) is 4.90 Å². The predicted molar refractivity (Wildman–Crippen MR) is 52.2 cm³/mol. The van der Waals surface area contributed by atoms with Crippen molar-refractivity contribution in [2.24, 2.45) is 5.73 Å². The fourth-order valence-corrected chi connectivity index (χ4v) is 1.77. The number of carboxylic acid groups (broad SMARTS) is 1. The molecule has 3 N–H and O–H groups in total. The fraction of sp³-hybridized carbons (Fsp3) is 0.778. The monoisotopic (exact) mass is 216 g/mol. The second kappa shape index (κ2) is 5.09. The normalized spacial score (nSPS) is 22.8. The van der Waals surface area contributed by atoms with Gasteiger partial charge in [0.25, 0.3) is 5.91 Å². The minimum absolute atomic E-state index is 0.0676. The quantitative estimate of drug-likeness (QED) is 0.631. The number of likely N-dealkylation sites (tertiary alicyclic amines) is 1. The molecule has 0 spiro atoms. The van der Waals surface area contributed by atoms with Crippen LogP contribution in [0.3, 0.4) is 0 Å². The molecular formula is C9H16N2O4. The van der Waals surface area contributed by atoms with Gasteiger partial charge in [-0.15, -0.1) is 0 Å². The van der Waals surface area contributed by atoms with Gasteiger partial charge in [-0.1, -0.05) is 0 Å². The molecule has 1 amide bonds. The number of hydrogen-bond acceptors (Lipinski definition) is 4. The van der Waals surface area contributed by atoms with Gasteiger partial charge in [-0.2, -0.15) is 0 Å². The number of carboxylic acids is 1. The highest BCUT2D eigenvalue weighted by Gasteiger charge is 2.36. The smallest absolute Gasteiger partial charge is 0.326 e. The molecular weight excluding hydrogens is 200 g/mol. The van der Waals surface area contributed by atoms with Crippen LogP contribution >= 0.6 is 0 Å². The highest BCUT2D eigenvalue weighted by Crippen LogP contribution is 2.18. The fourth-order valence-electron chi connectivity index (χ4n) is 1.77. The number of nitrogens with two attached hydrogens (primary N) is 1. The van der Waals surface area contributed by atoms with Gasteiger partial charge in [-0.3, -0.25) is 4.79 Å². The maximum atomic E-state index is 11.8. The molecule has 6 heteroatoms. The average molecular weight is 216 g/mol. The van der Waals surface area contributed by atoms with Crippen LogP contribution in [0.15, 0.2) is 0 Å². The average Bonchev–Trinajstić information content (AvgIpc) is 2.67. The van der Waals surface area contributed by atoms with E-state index in [-0.39, 0.29) is 12.5 Å². The molecule has 0 aromatic rings. The summed E-state index contributed by atoms with van der Waals surface area (Å²) < 4.78 is 4.89. The summed E-state index contributed by atoms with van der Waals surface area (Å²) in [4.78, 5) is 24.0. The van der Waals surface area contributed by atoms with Crippen LogP contribution in [0.5, 0.6) is 0 Å². The third-order valence-electron chi connectivity index (χ3n) is 2.59. The molecule has 6 nitrogen and oxygen atoms in total. The molecule has 86 valence electrons. The van der Waals surface area contributed by atoms with E-state index < -0.39 is 18.1 Å². The van der Waals surface area contributed by atoms with Gasteiger partial charge >= 0.3 is 5.97 Å². The van der Waals surface area contributed by atoms with Crippen LogP contribution in [-0.4, -0.2) is 54.2 Å². The Bertz CT molecular complexity index is 252. The largest absolute Gasteiger partial charge is 0.480 e. The van der Waals surface area contributed by atoms with Crippen LogP contribution in [0.1, 0.15) is 12.8 Å². The lowest BCUT2D eigenvalue weighted by molar-refractivity contribution is -0.152. The predicted octanol–water partition coefficient (Wildman–Crippen LogP) is -0.964. The molecule has 1 unspecified atom stereocenters. The van der Waals surface area contributed by atoms with Crippen molar-refractivity contribution >= 4 is 11.9 Å². The van der Waals surface area contributed by atoms with Crippen LogP contribution in [0.4, 0.5) is 0 Å². The molecule has 1 fully saturated rings. The third kappa shape index (κ3) is 2.45. The van der Waals surface area contributed by atoms with Gasteiger partial charge in [0.15, 0.2) is 0 Å². The van der Waals surface area contributed by atoms with Gasteiger partial charge in [-0.25, -0.2) is 4.79 Å². The summed E-state index contributed by atoms with van der Waals surface area (Å²) in [5, 5.41) is 8.89. The Labute approximate surface area is 88.0 Å². The number of aliphatic carboxylic acids is 1. The number of ether oxygens (including phenoxy) is 1. The second-order valence-electron chi connectivity index (χ2n) is 3.49. The van der Waals surface area contributed by atoms with Crippen LogP contribution in [-0.2, 0) is 14.3 Å². The lowest BCUT2D eigenvalue weighted by Gasteiger charge is -2.25. The summed E-state index contributed by atoms with van der Waals surface area (Å²) in [6, 6.07) is -0.721. The molecule has 0 bridgehead atoms. The van der Waals surface area contributed by atoms with E-state index in [4.69, 9.17) is 15.6 Å². The Morgan fingerprint density at radius 2 is 2.33 bits per heavy atom. The zero-order valence-corrected chi connectivity index (χ0v) is 8.68. The van der Waals surface area contributed by atoms with Gasteiger partial charge < -0.3 is 20.5 Å². The van der Waals surface area contributed by atoms with Crippen molar-refractivity contribution in [3.05, 3.63) is 0 Å². The topological polar surface area (TPSA) is 92.9 Å². The third-order valence-corrected chi connectivity index (χ3v) is 2.59. The zero-order valence-electron chi connectivity index (χ0n) is 8.68.